The molecule has 0 amide bonds. The highest BCUT2D eigenvalue weighted by molar-refractivity contribution is 5.75. The van der Waals surface area contributed by atoms with E-state index >= 15 is 0 Å². The molecule has 2 aromatic rings. The highest BCUT2D eigenvalue weighted by atomic mass is 16.6. The summed E-state index contributed by atoms with van der Waals surface area (Å²) in [7, 11) is 1.73. The van der Waals surface area contributed by atoms with Crippen LogP contribution in [0.1, 0.15) is 37.1 Å². The predicted octanol–water partition coefficient (Wildman–Crippen LogP) is 4.24. The van der Waals surface area contributed by atoms with Crippen LogP contribution in [0.5, 0.6) is 0 Å². The van der Waals surface area contributed by atoms with Gasteiger partial charge in [-0.1, -0.05) is 11.2 Å². The molecule has 1 aliphatic rings. The minimum absolute atomic E-state index is 0.0753. The lowest BCUT2D eigenvalue weighted by Crippen LogP contribution is -2.29. The van der Waals surface area contributed by atoms with Crippen molar-refractivity contribution in [3.63, 3.8) is 0 Å². The molecule has 0 saturated heterocycles. The Hall–Kier alpha value is -2.41. The van der Waals surface area contributed by atoms with Crippen LogP contribution in [0.25, 0.3) is 11.1 Å². The van der Waals surface area contributed by atoms with Crippen LogP contribution in [0.2, 0.25) is 0 Å². The van der Waals surface area contributed by atoms with Crippen molar-refractivity contribution in [2.24, 2.45) is 0 Å². The van der Waals surface area contributed by atoms with Crippen molar-refractivity contribution in [3.8, 4) is 11.1 Å². The molecule has 0 atom stereocenters. The number of nitro benzene ring substituents is 1. The molecule has 1 heterocycles. The van der Waals surface area contributed by atoms with Crippen molar-refractivity contribution in [2.75, 3.05) is 12.4 Å². The van der Waals surface area contributed by atoms with E-state index in [1.165, 1.54) is 0 Å². The summed E-state index contributed by atoms with van der Waals surface area (Å²) < 4.78 is 10.6. The molecule has 1 fully saturated rings. The number of hydrogen-bond acceptors (Lipinski definition) is 6. The lowest BCUT2D eigenvalue weighted by Gasteiger charge is -2.28. The number of nitrogens with one attached hydrogen (secondary N) is 1. The highest BCUT2D eigenvalue weighted by Gasteiger charge is 2.24. The first-order chi connectivity index (χ1) is 12.0. The van der Waals surface area contributed by atoms with Gasteiger partial charge in [-0.05, 0) is 51.2 Å². The van der Waals surface area contributed by atoms with Crippen LogP contribution in [-0.2, 0) is 4.74 Å². The molecule has 0 radical (unpaired) electrons. The first kappa shape index (κ1) is 17.4. The zero-order valence-electron chi connectivity index (χ0n) is 14.7. The molecule has 134 valence electrons. The van der Waals surface area contributed by atoms with E-state index in [-0.39, 0.29) is 16.7 Å². The fourth-order valence-corrected chi connectivity index (χ4v) is 3.52. The zero-order valence-corrected chi connectivity index (χ0v) is 14.7. The number of benzene rings is 1. The third kappa shape index (κ3) is 3.66. The quantitative estimate of drug-likeness (QED) is 0.644. The molecule has 1 saturated carbocycles. The average Bonchev–Trinajstić information content (AvgIpc) is 2.94. The highest BCUT2D eigenvalue weighted by Crippen LogP contribution is 2.35. The van der Waals surface area contributed by atoms with E-state index in [9.17, 15) is 10.1 Å². The monoisotopic (exact) mass is 345 g/mol. The number of nitrogens with zero attached hydrogens (tertiary/aromatic N) is 2. The topological polar surface area (TPSA) is 90.4 Å². The number of anilines is 1. The van der Waals surface area contributed by atoms with Gasteiger partial charge in [0.25, 0.3) is 5.69 Å². The molecule has 3 rings (SSSR count). The Bertz CT molecular complexity index is 744. The summed E-state index contributed by atoms with van der Waals surface area (Å²) in [6.07, 6.45) is 4.14. The third-order valence-corrected chi connectivity index (χ3v) is 4.88. The Balaban J connectivity index is 1.84. The van der Waals surface area contributed by atoms with Gasteiger partial charge >= 0.3 is 0 Å². The van der Waals surface area contributed by atoms with Gasteiger partial charge in [-0.3, -0.25) is 10.1 Å². The molecule has 7 nitrogen and oxygen atoms in total. The van der Waals surface area contributed by atoms with Crippen LogP contribution in [0, 0.1) is 24.0 Å². The maximum absolute atomic E-state index is 11.6. The van der Waals surface area contributed by atoms with Crippen LogP contribution < -0.4 is 5.32 Å². The Morgan fingerprint density at radius 1 is 1.28 bits per heavy atom. The molecule has 1 aromatic heterocycles. The Labute approximate surface area is 146 Å². The smallest absolute Gasteiger partial charge is 0.292 e. The van der Waals surface area contributed by atoms with E-state index in [2.05, 4.69) is 10.5 Å². The van der Waals surface area contributed by atoms with Crippen molar-refractivity contribution >= 4 is 11.4 Å². The standard InChI is InChI=1S/C18H23N3O4/c1-11-18(12(2)25-20-11)13-4-9-16(17(10-13)21(22)23)19-14-5-7-15(24-3)8-6-14/h4,9-10,14-15,19H,5-8H2,1-3H3/t14-,15-. The first-order valence-corrected chi connectivity index (χ1v) is 8.50. The van der Waals surface area contributed by atoms with Crippen molar-refractivity contribution in [1.82, 2.24) is 5.16 Å². The van der Waals surface area contributed by atoms with Gasteiger partial charge in [0.1, 0.15) is 11.4 Å². The number of hydrogen-bond donors (Lipinski definition) is 1. The molecule has 0 spiro atoms. The molecule has 0 aliphatic heterocycles. The van der Waals surface area contributed by atoms with E-state index in [1.807, 2.05) is 19.9 Å². The van der Waals surface area contributed by atoms with Crippen LogP contribution in [-0.4, -0.2) is 29.3 Å². The zero-order chi connectivity index (χ0) is 18.0. The molecular formula is C18H23N3O4. The van der Waals surface area contributed by atoms with Crippen molar-refractivity contribution in [3.05, 3.63) is 39.8 Å². The van der Waals surface area contributed by atoms with E-state index in [4.69, 9.17) is 9.26 Å². The number of ether oxygens (including phenoxy) is 1. The minimum atomic E-state index is -0.342. The summed E-state index contributed by atoms with van der Waals surface area (Å²) in [4.78, 5) is 11.2. The minimum Gasteiger partial charge on any atom is -0.381 e. The fourth-order valence-electron chi connectivity index (χ4n) is 3.52. The Morgan fingerprint density at radius 3 is 2.56 bits per heavy atom. The normalized spacial score (nSPS) is 20.4. The van der Waals surface area contributed by atoms with Crippen LogP contribution >= 0.6 is 0 Å². The Kier molecular flexibility index (Phi) is 5.03. The first-order valence-electron chi connectivity index (χ1n) is 8.50. The predicted molar refractivity (Wildman–Crippen MR) is 94.7 cm³/mol. The van der Waals surface area contributed by atoms with Crippen molar-refractivity contribution in [2.45, 2.75) is 51.7 Å². The Morgan fingerprint density at radius 2 is 2.00 bits per heavy atom. The second-order valence-electron chi connectivity index (χ2n) is 6.54. The largest absolute Gasteiger partial charge is 0.381 e. The van der Waals surface area contributed by atoms with Gasteiger partial charge < -0.3 is 14.6 Å². The summed E-state index contributed by atoms with van der Waals surface area (Å²) in [5.41, 5.74) is 2.92. The van der Waals surface area contributed by atoms with Gasteiger partial charge in [-0.2, -0.15) is 0 Å². The number of rotatable bonds is 5. The summed E-state index contributed by atoms with van der Waals surface area (Å²) in [5.74, 6) is 0.658. The maximum Gasteiger partial charge on any atom is 0.292 e. The SMILES string of the molecule is CO[C@H]1CC[C@H](Nc2ccc(-c3c(C)noc3C)cc2[N+](=O)[O-])CC1. The molecule has 7 heteroatoms. The van der Waals surface area contributed by atoms with Crippen LogP contribution in [0.4, 0.5) is 11.4 Å². The van der Waals surface area contributed by atoms with E-state index in [0.29, 0.717) is 17.6 Å². The third-order valence-electron chi connectivity index (χ3n) is 4.88. The summed E-state index contributed by atoms with van der Waals surface area (Å²) in [6.45, 7) is 3.64. The second kappa shape index (κ2) is 7.23. The van der Waals surface area contributed by atoms with Crippen molar-refractivity contribution < 1.29 is 14.2 Å². The number of nitro groups is 1. The van der Waals surface area contributed by atoms with Gasteiger partial charge in [0, 0.05) is 24.8 Å². The van der Waals surface area contributed by atoms with Gasteiger partial charge in [0.15, 0.2) is 0 Å². The fraction of sp³-hybridized carbons (Fsp3) is 0.500. The molecule has 1 aromatic carbocycles. The lowest BCUT2D eigenvalue weighted by molar-refractivity contribution is -0.383. The van der Waals surface area contributed by atoms with Crippen molar-refractivity contribution in [1.29, 1.82) is 0 Å². The summed E-state index contributed by atoms with van der Waals surface area (Å²) >= 11 is 0. The van der Waals surface area contributed by atoms with Crippen LogP contribution in [0.3, 0.4) is 0 Å². The lowest BCUT2D eigenvalue weighted by atomic mass is 9.92. The molecule has 25 heavy (non-hydrogen) atoms. The van der Waals surface area contributed by atoms with E-state index < -0.39 is 0 Å². The van der Waals surface area contributed by atoms with Crippen LogP contribution in [0.15, 0.2) is 22.7 Å². The van der Waals surface area contributed by atoms with Gasteiger partial charge in [-0.15, -0.1) is 0 Å². The van der Waals surface area contributed by atoms with Gasteiger partial charge in [-0.25, -0.2) is 0 Å². The van der Waals surface area contributed by atoms with Gasteiger partial charge in [0.2, 0.25) is 0 Å². The second-order valence-corrected chi connectivity index (χ2v) is 6.54. The molecule has 0 unspecified atom stereocenters. The van der Waals surface area contributed by atoms with E-state index in [0.717, 1.165) is 42.5 Å². The summed E-state index contributed by atoms with van der Waals surface area (Å²) in [6, 6.07) is 5.48. The number of aryl methyl sites for hydroxylation is 2. The maximum atomic E-state index is 11.6. The van der Waals surface area contributed by atoms with Gasteiger partial charge in [0.05, 0.1) is 16.7 Å². The number of methoxy groups -OCH3 is 1. The molecule has 1 aliphatic carbocycles. The molecule has 1 N–H and O–H groups in total. The van der Waals surface area contributed by atoms with E-state index in [1.54, 1.807) is 19.2 Å². The summed E-state index contributed by atoms with van der Waals surface area (Å²) in [5, 5.41) is 18.8. The number of aromatic nitrogens is 1. The molecular weight excluding hydrogens is 322 g/mol. The molecule has 0 bridgehead atoms. The average molecular weight is 345 g/mol.